The van der Waals surface area contributed by atoms with Gasteiger partial charge in [0, 0.05) is 30.3 Å². The van der Waals surface area contributed by atoms with Crippen LogP contribution >= 0.6 is 11.6 Å². The average Bonchev–Trinajstić information content (AvgIpc) is 2.38. The van der Waals surface area contributed by atoms with Crippen molar-refractivity contribution in [1.29, 1.82) is 0 Å². The SMILES string of the molecule is O[C@@H]1CCCN(C[C@@H](O)CNc2ccc(Cl)cc2)C1. The predicted molar refractivity (Wildman–Crippen MR) is 77.6 cm³/mol. The molecule has 1 fully saturated rings. The minimum absolute atomic E-state index is 0.245. The van der Waals surface area contributed by atoms with E-state index in [-0.39, 0.29) is 6.10 Å². The van der Waals surface area contributed by atoms with Crippen LogP contribution in [0.1, 0.15) is 12.8 Å². The summed E-state index contributed by atoms with van der Waals surface area (Å²) in [7, 11) is 0. The molecule has 0 spiro atoms. The zero-order valence-electron chi connectivity index (χ0n) is 10.9. The van der Waals surface area contributed by atoms with Gasteiger partial charge in [-0.15, -0.1) is 0 Å². The molecular weight excluding hydrogens is 264 g/mol. The number of likely N-dealkylation sites (tertiary alicyclic amines) is 1. The van der Waals surface area contributed by atoms with Gasteiger partial charge in [-0.2, -0.15) is 0 Å². The molecule has 3 N–H and O–H groups in total. The highest BCUT2D eigenvalue weighted by Crippen LogP contribution is 2.14. The molecule has 2 rings (SSSR count). The number of β-amino-alcohol motifs (C(OH)–C–C–N with tert-alkyl or cyclic N) is 2. The fourth-order valence-electron chi connectivity index (χ4n) is 2.36. The van der Waals surface area contributed by atoms with Gasteiger partial charge in [-0.3, -0.25) is 4.90 Å². The molecule has 0 radical (unpaired) electrons. The Bertz CT molecular complexity index is 386. The van der Waals surface area contributed by atoms with Crippen molar-refractivity contribution >= 4 is 17.3 Å². The Balaban J connectivity index is 1.72. The van der Waals surface area contributed by atoms with E-state index in [0.29, 0.717) is 24.7 Å². The highest BCUT2D eigenvalue weighted by molar-refractivity contribution is 6.30. The van der Waals surface area contributed by atoms with Gasteiger partial charge in [0.25, 0.3) is 0 Å². The van der Waals surface area contributed by atoms with Crippen LogP contribution < -0.4 is 5.32 Å². The number of rotatable bonds is 5. The van der Waals surface area contributed by atoms with Gasteiger partial charge in [-0.1, -0.05) is 11.6 Å². The lowest BCUT2D eigenvalue weighted by Gasteiger charge is -2.31. The van der Waals surface area contributed by atoms with Gasteiger partial charge < -0.3 is 15.5 Å². The first-order chi connectivity index (χ1) is 9.13. The summed E-state index contributed by atoms with van der Waals surface area (Å²) in [5.74, 6) is 0. The van der Waals surface area contributed by atoms with Crippen LogP contribution in [0.2, 0.25) is 5.02 Å². The highest BCUT2D eigenvalue weighted by Gasteiger charge is 2.19. The van der Waals surface area contributed by atoms with E-state index >= 15 is 0 Å². The summed E-state index contributed by atoms with van der Waals surface area (Å²) >= 11 is 5.81. The van der Waals surface area contributed by atoms with E-state index in [2.05, 4.69) is 10.2 Å². The second-order valence-electron chi connectivity index (χ2n) is 5.10. The molecule has 0 aromatic heterocycles. The second kappa shape index (κ2) is 7.10. The fraction of sp³-hybridized carbons (Fsp3) is 0.571. The smallest absolute Gasteiger partial charge is 0.0839 e. The van der Waals surface area contributed by atoms with E-state index in [1.54, 1.807) is 0 Å². The quantitative estimate of drug-likeness (QED) is 0.768. The molecule has 5 heteroatoms. The number of nitrogens with zero attached hydrogens (tertiary/aromatic N) is 1. The molecule has 19 heavy (non-hydrogen) atoms. The molecule has 1 heterocycles. The standard InChI is InChI=1S/C14H21ClN2O2/c15-11-3-5-12(6-4-11)16-8-14(19)10-17-7-1-2-13(18)9-17/h3-6,13-14,16,18-19H,1-2,7-10H2/t13-,14+/m1/s1. The molecule has 1 saturated heterocycles. The molecule has 2 atom stereocenters. The molecule has 106 valence electrons. The summed E-state index contributed by atoms with van der Waals surface area (Å²) in [6, 6.07) is 7.41. The first kappa shape index (κ1) is 14.6. The lowest BCUT2D eigenvalue weighted by atomic mass is 10.1. The summed E-state index contributed by atoms with van der Waals surface area (Å²) in [5, 5.41) is 23.4. The van der Waals surface area contributed by atoms with Crippen LogP contribution in [0.25, 0.3) is 0 Å². The van der Waals surface area contributed by atoms with Crippen molar-refractivity contribution in [3.05, 3.63) is 29.3 Å². The van der Waals surface area contributed by atoms with Crippen molar-refractivity contribution < 1.29 is 10.2 Å². The van der Waals surface area contributed by atoms with E-state index in [0.717, 1.165) is 25.1 Å². The number of aliphatic hydroxyl groups is 2. The average molecular weight is 285 g/mol. The number of benzene rings is 1. The minimum atomic E-state index is -0.444. The number of anilines is 1. The van der Waals surface area contributed by atoms with E-state index < -0.39 is 6.10 Å². The summed E-state index contributed by atoms with van der Waals surface area (Å²) in [6.07, 6.45) is 1.18. The van der Waals surface area contributed by atoms with Gasteiger partial charge in [0.1, 0.15) is 0 Å². The van der Waals surface area contributed by atoms with E-state index in [9.17, 15) is 10.2 Å². The summed E-state index contributed by atoms with van der Waals surface area (Å²) in [4.78, 5) is 2.11. The van der Waals surface area contributed by atoms with E-state index in [1.165, 1.54) is 0 Å². The number of aliphatic hydroxyl groups excluding tert-OH is 2. The van der Waals surface area contributed by atoms with Gasteiger partial charge in [0.05, 0.1) is 12.2 Å². The number of hydrogen-bond acceptors (Lipinski definition) is 4. The van der Waals surface area contributed by atoms with E-state index in [1.807, 2.05) is 24.3 Å². The maximum Gasteiger partial charge on any atom is 0.0839 e. The summed E-state index contributed by atoms with van der Waals surface area (Å²) < 4.78 is 0. The lowest BCUT2D eigenvalue weighted by molar-refractivity contribution is 0.0428. The number of halogens is 1. The van der Waals surface area contributed by atoms with Crippen molar-refractivity contribution in [2.24, 2.45) is 0 Å². The Morgan fingerprint density at radius 3 is 2.79 bits per heavy atom. The maximum atomic E-state index is 9.99. The molecule has 4 nitrogen and oxygen atoms in total. The molecule has 0 unspecified atom stereocenters. The zero-order chi connectivity index (χ0) is 13.7. The normalized spacial score (nSPS) is 22.2. The fourth-order valence-corrected chi connectivity index (χ4v) is 2.49. The second-order valence-corrected chi connectivity index (χ2v) is 5.53. The van der Waals surface area contributed by atoms with Crippen molar-refractivity contribution in [3.63, 3.8) is 0 Å². The Hall–Kier alpha value is -0.810. The molecule has 1 aromatic carbocycles. The van der Waals surface area contributed by atoms with E-state index in [4.69, 9.17) is 11.6 Å². The molecule has 1 aliphatic heterocycles. The van der Waals surface area contributed by atoms with Crippen LogP contribution in [0.15, 0.2) is 24.3 Å². The zero-order valence-corrected chi connectivity index (χ0v) is 11.7. The third kappa shape index (κ3) is 4.99. The van der Waals surface area contributed by atoms with Crippen molar-refractivity contribution in [3.8, 4) is 0 Å². The molecule has 0 aliphatic carbocycles. The Labute approximate surface area is 119 Å². The minimum Gasteiger partial charge on any atom is -0.392 e. The Morgan fingerprint density at radius 1 is 1.37 bits per heavy atom. The largest absolute Gasteiger partial charge is 0.392 e. The molecule has 0 amide bonds. The number of nitrogens with one attached hydrogen (secondary N) is 1. The maximum absolute atomic E-state index is 9.99. The first-order valence-electron chi connectivity index (χ1n) is 6.71. The van der Waals surface area contributed by atoms with Crippen LogP contribution in [0.4, 0.5) is 5.69 Å². The molecule has 1 aromatic rings. The van der Waals surface area contributed by atoms with Crippen LogP contribution in [-0.2, 0) is 0 Å². The van der Waals surface area contributed by atoms with Crippen LogP contribution in [0.3, 0.4) is 0 Å². The summed E-state index contributed by atoms with van der Waals surface area (Å²) in [5.41, 5.74) is 0.946. The molecule has 0 saturated carbocycles. The number of piperidine rings is 1. The molecule has 1 aliphatic rings. The van der Waals surface area contributed by atoms with Gasteiger partial charge in [-0.25, -0.2) is 0 Å². The van der Waals surface area contributed by atoms with Gasteiger partial charge >= 0.3 is 0 Å². The summed E-state index contributed by atoms with van der Waals surface area (Å²) in [6.45, 7) is 2.71. The molecular formula is C14H21ClN2O2. The Kier molecular flexibility index (Phi) is 5.45. The topological polar surface area (TPSA) is 55.7 Å². The van der Waals surface area contributed by atoms with Crippen LogP contribution in [-0.4, -0.2) is 53.5 Å². The monoisotopic (exact) mass is 284 g/mol. The van der Waals surface area contributed by atoms with Crippen molar-refractivity contribution in [2.45, 2.75) is 25.0 Å². The van der Waals surface area contributed by atoms with Crippen LogP contribution in [0, 0.1) is 0 Å². The Morgan fingerprint density at radius 2 is 2.11 bits per heavy atom. The van der Waals surface area contributed by atoms with Crippen LogP contribution in [0.5, 0.6) is 0 Å². The van der Waals surface area contributed by atoms with Crippen molar-refractivity contribution in [2.75, 3.05) is 31.5 Å². The lowest BCUT2D eigenvalue weighted by Crippen LogP contribution is -2.43. The van der Waals surface area contributed by atoms with Gasteiger partial charge in [0.2, 0.25) is 0 Å². The van der Waals surface area contributed by atoms with Crippen molar-refractivity contribution in [1.82, 2.24) is 4.90 Å². The number of hydrogen-bond donors (Lipinski definition) is 3. The first-order valence-corrected chi connectivity index (χ1v) is 7.09. The molecule has 0 bridgehead atoms. The third-order valence-electron chi connectivity index (χ3n) is 3.34. The van der Waals surface area contributed by atoms with Gasteiger partial charge in [-0.05, 0) is 43.7 Å². The van der Waals surface area contributed by atoms with Gasteiger partial charge in [0.15, 0.2) is 0 Å². The highest BCUT2D eigenvalue weighted by atomic mass is 35.5. The predicted octanol–water partition coefficient (Wildman–Crippen LogP) is 1.57. The third-order valence-corrected chi connectivity index (χ3v) is 3.59.